The van der Waals surface area contributed by atoms with Gasteiger partial charge in [0.05, 0.1) is 6.26 Å². The number of carbonyl (C=O) groups excluding carboxylic acids is 1. The number of ether oxygens (including phenoxy) is 1. The molecule has 3 aromatic heterocycles. The highest BCUT2D eigenvalue weighted by Gasteiger charge is 2.13. The Kier molecular flexibility index (Phi) is 4.04. The van der Waals surface area contributed by atoms with E-state index < -0.39 is 0 Å². The van der Waals surface area contributed by atoms with Crippen LogP contribution in [0.25, 0.3) is 22.6 Å². The van der Waals surface area contributed by atoms with Crippen molar-refractivity contribution in [3.8, 4) is 11.7 Å². The van der Waals surface area contributed by atoms with Gasteiger partial charge in [-0.15, -0.1) is 0 Å². The molecule has 7 nitrogen and oxygen atoms in total. The van der Waals surface area contributed by atoms with E-state index in [1.54, 1.807) is 12.1 Å². The summed E-state index contributed by atoms with van der Waals surface area (Å²) in [5.74, 6) is 0.723. The summed E-state index contributed by atoms with van der Waals surface area (Å²) in [5, 5.41) is 4.89. The number of hydrogen-bond acceptors (Lipinski definition) is 6. The van der Waals surface area contributed by atoms with E-state index >= 15 is 0 Å². The lowest BCUT2D eigenvalue weighted by Gasteiger charge is -2.01. The van der Waals surface area contributed by atoms with E-state index in [1.165, 1.54) is 6.26 Å². The first-order chi connectivity index (χ1) is 12.3. The quantitative estimate of drug-likeness (QED) is 0.541. The Bertz CT molecular complexity index is 985. The highest BCUT2D eigenvalue weighted by atomic mass is 16.5. The van der Waals surface area contributed by atoms with Crippen LogP contribution in [-0.4, -0.2) is 21.1 Å². The fraction of sp³-hybridized carbons (Fsp3) is 0.167. The summed E-state index contributed by atoms with van der Waals surface area (Å²) in [6.45, 7) is -0.0308. The average molecular weight is 337 g/mol. The third kappa shape index (κ3) is 3.30. The maximum Gasteiger partial charge on any atom is 0.306 e. The molecule has 0 amide bonds. The number of fused-ring (bicyclic) bond motifs is 1. The zero-order valence-electron chi connectivity index (χ0n) is 13.3. The second-order valence-electron chi connectivity index (χ2n) is 5.51. The van der Waals surface area contributed by atoms with Gasteiger partial charge in [0.25, 0.3) is 5.89 Å². The molecule has 0 radical (unpaired) electrons. The molecule has 0 fully saturated rings. The minimum Gasteiger partial charge on any atom is -0.459 e. The minimum absolute atomic E-state index is 0.0308. The van der Waals surface area contributed by atoms with E-state index in [0.717, 1.165) is 16.5 Å². The smallest absolute Gasteiger partial charge is 0.306 e. The summed E-state index contributed by atoms with van der Waals surface area (Å²) >= 11 is 0. The van der Waals surface area contributed by atoms with Crippen molar-refractivity contribution in [3.63, 3.8) is 0 Å². The van der Waals surface area contributed by atoms with E-state index in [-0.39, 0.29) is 24.9 Å². The van der Waals surface area contributed by atoms with Crippen LogP contribution in [-0.2, 0) is 22.6 Å². The van der Waals surface area contributed by atoms with Gasteiger partial charge in [0.15, 0.2) is 12.4 Å². The number of hydrogen-bond donors (Lipinski definition) is 1. The molecule has 0 spiro atoms. The fourth-order valence-electron chi connectivity index (χ4n) is 2.61. The Morgan fingerprint density at radius 3 is 3.00 bits per heavy atom. The van der Waals surface area contributed by atoms with Crippen LogP contribution in [0.1, 0.15) is 17.8 Å². The van der Waals surface area contributed by atoms with Crippen LogP contribution >= 0.6 is 0 Å². The minimum atomic E-state index is -0.311. The number of rotatable bonds is 6. The van der Waals surface area contributed by atoms with Crippen molar-refractivity contribution in [1.29, 1.82) is 0 Å². The van der Waals surface area contributed by atoms with Crippen molar-refractivity contribution in [2.24, 2.45) is 0 Å². The molecular formula is C18H15N3O4. The van der Waals surface area contributed by atoms with Crippen LogP contribution in [0.5, 0.6) is 0 Å². The first-order valence-electron chi connectivity index (χ1n) is 7.86. The van der Waals surface area contributed by atoms with Gasteiger partial charge >= 0.3 is 5.97 Å². The molecule has 0 aliphatic rings. The van der Waals surface area contributed by atoms with Gasteiger partial charge in [-0.25, -0.2) is 0 Å². The number of para-hydroxylation sites is 1. The summed E-state index contributed by atoms with van der Waals surface area (Å²) < 4.78 is 15.4. The summed E-state index contributed by atoms with van der Waals surface area (Å²) in [5.41, 5.74) is 2.15. The van der Waals surface area contributed by atoms with E-state index in [9.17, 15) is 4.79 Å². The second kappa shape index (κ2) is 6.64. The summed E-state index contributed by atoms with van der Waals surface area (Å²) in [6, 6.07) is 11.4. The van der Waals surface area contributed by atoms with Gasteiger partial charge in [0, 0.05) is 23.5 Å². The van der Waals surface area contributed by atoms with Crippen molar-refractivity contribution in [1.82, 2.24) is 15.1 Å². The molecule has 3 heterocycles. The van der Waals surface area contributed by atoms with Gasteiger partial charge in [-0.1, -0.05) is 23.4 Å². The van der Waals surface area contributed by atoms with E-state index in [0.29, 0.717) is 18.0 Å². The number of aromatic amines is 1. The van der Waals surface area contributed by atoms with Crippen molar-refractivity contribution in [2.45, 2.75) is 19.4 Å². The normalized spacial score (nSPS) is 11.0. The topological polar surface area (TPSA) is 94.2 Å². The lowest BCUT2D eigenvalue weighted by atomic mass is 10.1. The predicted octanol–water partition coefficient (Wildman–Crippen LogP) is 3.49. The van der Waals surface area contributed by atoms with Crippen molar-refractivity contribution in [3.05, 3.63) is 60.2 Å². The van der Waals surface area contributed by atoms with Crippen LogP contribution in [0.2, 0.25) is 0 Å². The third-order valence-electron chi connectivity index (χ3n) is 3.84. The van der Waals surface area contributed by atoms with E-state index in [2.05, 4.69) is 15.1 Å². The fourth-order valence-corrected chi connectivity index (χ4v) is 2.61. The van der Waals surface area contributed by atoms with Crippen LogP contribution in [0.4, 0.5) is 0 Å². The maximum absolute atomic E-state index is 11.9. The molecule has 0 atom stereocenters. The van der Waals surface area contributed by atoms with Gasteiger partial charge < -0.3 is 18.7 Å². The zero-order chi connectivity index (χ0) is 17.1. The monoisotopic (exact) mass is 337 g/mol. The number of H-pyrrole nitrogens is 1. The SMILES string of the molecule is O=C(CCc1c[nH]c2ccccc12)OCc1noc(-c2ccco2)n1. The number of aromatic nitrogens is 3. The van der Waals surface area contributed by atoms with Gasteiger partial charge in [-0.2, -0.15) is 4.98 Å². The Labute approximate surface area is 142 Å². The molecule has 0 aliphatic carbocycles. The molecular weight excluding hydrogens is 322 g/mol. The lowest BCUT2D eigenvalue weighted by molar-refractivity contribution is -0.145. The van der Waals surface area contributed by atoms with Gasteiger partial charge in [-0.05, 0) is 30.2 Å². The van der Waals surface area contributed by atoms with Crippen LogP contribution in [0.3, 0.4) is 0 Å². The van der Waals surface area contributed by atoms with Crippen molar-refractivity contribution < 1.29 is 18.5 Å². The average Bonchev–Trinajstić information content (AvgIpc) is 3.38. The Balaban J connectivity index is 1.31. The largest absolute Gasteiger partial charge is 0.459 e. The Morgan fingerprint density at radius 2 is 2.12 bits per heavy atom. The maximum atomic E-state index is 11.9. The number of benzene rings is 1. The van der Waals surface area contributed by atoms with Crippen molar-refractivity contribution >= 4 is 16.9 Å². The summed E-state index contributed by atoms with van der Waals surface area (Å²) in [4.78, 5) is 19.3. The van der Waals surface area contributed by atoms with E-state index in [1.807, 2.05) is 30.5 Å². The van der Waals surface area contributed by atoms with Gasteiger partial charge in [-0.3, -0.25) is 4.79 Å². The number of furan rings is 1. The molecule has 1 aromatic carbocycles. The van der Waals surface area contributed by atoms with Crippen LogP contribution in [0, 0.1) is 0 Å². The van der Waals surface area contributed by atoms with Crippen LogP contribution < -0.4 is 0 Å². The predicted molar refractivity (Wildman–Crippen MR) is 88.4 cm³/mol. The second-order valence-corrected chi connectivity index (χ2v) is 5.51. The lowest BCUT2D eigenvalue weighted by Crippen LogP contribution is -2.06. The number of esters is 1. The third-order valence-corrected chi connectivity index (χ3v) is 3.84. The molecule has 126 valence electrons. The molecule has 7 heteroatoms. The molecule has 1 N–H and O–H groups in total. The number of carbonyl (C=O) groups is 1. The first-order valence-corrected chi connectivity index (χ1v) is 7.86. The molecule has 4 rings (SSSR count). The molecule has 0 saturated carbocycles. The van der Waals surface area contributed by atoms with E-state index in [4.69, 9.17) is 13.7 Å². The molecule has 0 saturated heterocycles. The van der Waals surface area contributed by atoms with Gasteiger partial charge in [0.1, 0.15) is 0 Å². The first kappa shape index (κ1) is 15.2. The molecule has 0 aliphatic heterocycles. The number of nitrogens with one attached hydrogen (secondary N) is 1. The highest BCUT2D eigenvalue weighted by Crippen LogP contribution is 2.19. The summed E-state index contributed by atoms with van der Waals surface area (Å²) in [6.07, 6.45) is 4.33. The van der Waals surface area contributed by atoms with Crippen molar-refractivity contribution in [2.75, 3.05) is 0 Å². The number of aryl methyl sites for hydroxylation is 1. The molecule has 4 aromatic rings. The van der Waals surface area contributed by atoms with Gasteiger partial charge in [0.2, 0.25) is 5.82 Å². The van der Waals surface area contributed by atoms with Crippen LogP contribution in [0.15, 0.2) is 57.8 Å². The molecule has 0 bridgehead atoms. The molecule has 25 heavy (non-hydrogen) atoms. The summed E-state index contributed by atoms with van der Waals surface area (Å²) in [7, 11) is 0. The number of nitrogens with zero attached hydrogens (tertiary/aromatic N) is 2. The molecule has 0 unspecified atom stereocenters. The highest BCUT2D eigenvalue weighted by molar-refractivity contribution is 5.83. The Morgan fingerprint density at radius 1 is 1.20 bits per heavy atom. The zero-order valence-corrected chi connectivity index (χ0v) is 13.3. The standard InChI is InChI=1S/C18H15N3O4/c22-17(8-7-12-10-19-14-5-2-1-4-13(12)14)24-11-16-20-18(25-21-16)15-6-3-9-23-15/h1-6,9-10,19H,7-8,11H2. The Hall–Kier alpha value is -3.35.